The van der Waals surface area contributed by atoms with E-state index in [4.69, 9.17) is 14.2 Å². The predicted molar refractivity (Wildman–Crippen MR) is 358 cm³/mol. The van der Waals surface area contributed by atoms with E-state index in [1.165, 1.54) is 257 Å². The molecule has 6 nitrogen and oxygen atoms in total. The van der Waals surface area contributed by atoms with Crippen molar-refractivity contribution in [1.29, 1.82) is 0 Å². The summed E-state index contributed by atoms with van der Waals surface area (Å²) in [6, 6.07) is 0. The Labute approximate surface area is 510 Å². The maximum absolute atomic E-state index is 13.0. The second-order valence-electron chi connectivity index (χ2n) is 24.5. The van der Waals surface area contributed by atoms with Crippen LogP contribution in [0.5, 0.6) is 0 Å². The molecule has 0 saturated heterocycles. The summed E-state index contributed by atoms with van der Waals surface area (Å²) in [7, 11) is 0. The van der Waals surface area contributed by atoms with Crippen LogP contribution in [0.3, 0.4) is 0 Å². The molecule has 0 aromatic carbocycles. The molecule has 0 bridgehead atoms. The third-order valence-electron chi connectivity index (χ3n) is 16.2. The highest BCUT2D eigenvalue weighted by molar-refractivity contribution is 5.71. The first-order chi connectivity index (χ1) is 40.5. The lowest BCUT2D eigenvalue weighted by molar-refractivity contribution is -0.167. The molecule has 0 fully saturated rings. The van der Waals surface area contributed by atoms with Crippen LogP contribution in [-0.4, -0.2) is 37.2 Å². The molecule has 0 aliphatic heterocycles. The summed E-state index contributed by atoms with van der Waals surface area (Å²) in [5.74, 6) is -0.868. The Morgan fingerprint density at radius 3 is 0.683 bits per heavy atom. The number of hydrogen-bond acceptors (Lipinski definition) is 6. The van der Waals surface area contributed by atoms with Crippen molar-refractivity contribution in [2.45, 2.75) is 393 Å². The molecule has 0 heterocycles. The standard InChI is InChI=1S/C76H138O6/c1-4-7-10-13-16-19-22-25-28-31-34-37-40-42-45-48-51-54-57-60-63-66-69-75(78)81-72-73(82-76(79)70-67-64-61-58-55-52-49-46-43-39-36-33-30-27-24-21-18-15-12-9-6-3)71-80-74(77)68-65-62-59-56-53-50-47-44-41-38-35-32-29-26-23-20-17-14-11-8-5-2/h23-24,26-27,32-33,35-36,43,46,73H,4-22,25,28-31,34,37-42,44-45,47-72H2,1-3H3/b26-23-,27-24-,35-32-,36-33-,46-43-. The van der Waals surface area contributed by atoms with Gasteiger partial charge in [-0.3, -0.25) is 14.4 Å². The maximum Gasteiger partial charge on any atom is 0.306 e. The molecule has 1 unspecified atom stereocenters. The minimum Gasteiger partial charge on any atom is -0.462 e. The fourth-order valence-corrected chi connectivity index (χ4v) is 10.8. The summed E-state index contributed by atoms with van der Waals surface area (Å²) in [5.41, 5.74) is 0. The van der Waals surface area contributed by atoms with Gasteiger partial charge in [-0.15, -0.1) is 0 Å². The van der Waals surface area contributed by atoms with Crippen molar-refractivity contribution >= 4 is 17.9 Å². The molecule has 0 rings (SSSR count). The normalized spacial score (nSPS) is 12.4. The van der Waals surface area contributed by atoms with Gasteiger partial charge in [0, 0.05) is 19.3 Å². The topological polar surface area (TPSA) is 78.9 Å². The Hall–Kier alpha value is -2.89. The molecule has 0 aliphatic rings. The lowest BCUT2D eigenvalue weighted by atomic mass is 10.0. The molecule has 478 valence electrons. The molecular weight excluding hydrogens is 1010 g/mol. The molecule has 82 heavy (non-hydrogen) atoms. The number of carbonyl (C=O) groups excluding carboxylic acids is 3. The van der Waals surface area contributed by atoms with Gasteiger partial charge in [0.05, 0.1) is 0 Å². The van der Waals surface area contributed by atoms with Gasteiger partial charge in [-0.05, 0) is 89.9 Å². The number of carbonyl (C=O) groups is 3. The Bertz CT molecular complexity index is 1460. The number of ether oxygens (including phenoxy) is 3. The monoisotopic (exact) mass is 1150 g/mol. The van der Waals surface area contributed by atoms with Gasteiger partial charge < -0.3 is 14.2 Å². The highest BCUT2D eigenvalue weighted by Crippen LogP contribution is 2.18. The fraction of sp³-hybridized carbons (Fsp3) is 0.829. The Morgan fingerprint density at radius 1 is 0.244 bits per heavy atom. The van der Waals surface area contributed by atoms with Crippen LogP contribution in [0.4, 0.5) is 0 Å². The Balaban J connectivity index is 4.37. The van der Waals surface area contributed by atoms with E-state index in [1.807, 2.05) is 0 Å². The Morgan fingerprint density at radius 2 is 0.439 bits per heavy atom. The number of hydrogen-bond donors (Lipinski definition) is 0. The fourth-order valence-electron chi connectivity index (χ4n) is 10.8. The quantitative estimate of drug-likeness (QED) is 0.0261. The van der Waals surface area contributed by atoms with E-state index in [0.29, 0.717) is 19.3 Å². The first kappa shape index (κ1) is 79.1. The lowest BCUT2D eigenvalue weighted by Crippen LogP contribution is -2.30. The van der Waals surface area contributed by atoms with Crippen LogP contribution in [0, 0.1) is 0 Å². The molecule has 1 atom stereocenters. The molecule has 0 aromatic heterocycles. The van der Waals surface area contributed by atoms with Crippen molar-refractivity contribution in [2.24, 2.45) is 0 Å². The number of rotatable bonds is 67. The minimum absolute atomic E-state index is 0.0772. The second-order valence-corrected chi connectivity index (χ2v) is 24.5. The van der Waals surface area contributed by atoms with E-state index in [-0.39, 0.29) is 31.1 Å². The van der Waals surface area contributed by atoms with Crippen molar-refractivity contribution in [3.8, 4) is 0 Å². The van der Waals surface area contributed by atoms with Crippen LogP contribution in [0.25, 0.3) is 0 Å². The van der Waals surface area contributed by atoms with Crippen LogP contribution in [0.1, 0.15) is 387 Å². The van der Waals surface area contributed by atoms with Crippen molar-refractivity contribution in [3.05, 3.63) is 60.8 Å². The van der Waals surface area contributed by atoms with Gasteiger partial charge in [-0.25, -0.2) is 0 Å². The summed E-state index contributed by atoms with van der Waals surface area (Å²) >= 11 is 0. The van der Waals surface area contributed by atoms with E-state index in [1.54, 1.807) is 0 Å². The second kappa shape index (κ2) is 70.6. The number of allylic oxidation sites excluding steroid dienone is 10. The van der Waals surface area contributed by atoms with Gasteiger partial charge in [0.15, 0.2) is 6.10 Å². The maximum atomic E-state index is 13.0. The molecule has 0 N–H and O–H groups in total. The van der Waals surface area contributed by atoms with Crippen LogP contribution < -0.4 is 0 Å². The van der Waals surface area contributed by atoms with Crippen molar-refractivity contribution in [1.82, 2.24) is 0 Å². The molecule has 0 aromatic rings. The zero-order valence-electron chi connectivity index (χ0n) is 55.0. The average molecular weight is 1150 g/mol. The summed E-state index contributed by atoms with van der Waals surface area (Å²) in [6.45, 7) is 6.67. The van der Waals surface area contributed by atoms with Crippen molar-refractivity contribution < 1.29 is 28.6 Å². The van der Waals surface area contributed by atoms with E-state index in [0.717, 1.165) is 89.9 Å². The van der Waals surface area contributed by atoms with Crippen LogP contribution in [0.15, 0.2) is 60.8 Å². The predicted octanol–water partition coefficient (Wildman–Crippen LogP) is 25.1. The van der Waals surface area contributed by atoms with Gasteiger partial charge in [0.2, 0.25) is 0 Å². The molecule has 0 saturated carbocycles. The molecule has 6 heteroatoms. The summed E-state index contributed by atoms with van der Waals surface area (Å²) in [6.07, 6.45) is 91.0. The van der Waals surface area contributed by atoms with E-state index in [2.05, 4.69) is 81.5 Å². The van der Waals surface area contributed by atoms with Crippen LogP contribution in [-0.2, 0) is 28.6 Å². The Kier molecular flexibility index (Phi) is 68.1. The molecular formula is C76H138O6. The summed E-state index contributed by atoms with van der Waals surface area (Å²) in [5, 5.41) is 0. The zero-order valence-corrected chi connectivity index (χ0v) is 55.0. The highest BCUT2D eigenvalue weighted by atomic mass is 16.6. The van der Waals surface area contributed by atoms with E-state index >= 15 is 0 Å². The SMILES string of the molecule is CCCCCCC/C=C\C/C=C\C/C=C\CCCCCCCCC(=O)OC(COC(=O)CCCCCCCCCCC/C=C\C/C=C\CCCCCCC)COC(=O)CCCCCCCCCCCCCCCCCCCCCCCC. The third-order valence-corrected chi connectivity index (χ3v) is 16.2. The first-order valence-corrected chi connectivity index (χ1v) is 36.3. The minimum atomic E-state index is -0.784. The lowest BCUT2D eigenvalue weighted by Gasteiger charge is -2.18. The molecule has 0 aliphatic carbocycles. The third kappa shape index (κ3) is 67.9. The van der Waals surface area contributed by atoms with Gasteiger partial charge >= 0.3 is 17.9 Å². The molecule has 0 spiro atoms. The number of esters is 3. The average Bonchev–Trinajstić information content (AvgIpc) is 3.47. The smallest absolute Gasteiger partial charge is 0.306 e. The van der Waals surface area contributed by atoms with Crippen molar-refractivity contribution in [3.63, 3.8) is 0 Å². The van der Waals surface area contributed by atoms with Crippen LogP contribution in [0.2, 0.25) is 0 Å². The highest BCUT2D eigenvalue weighted by Gasteiger charge is 2.19. The largest absolute Gasteiger partial charge is 0.462 e. The van der Waals surface area contributed by atoms with Gasteiger partial charge in [-0.2, -0.15) is 0 Å². The number of unbranched alkanes of at least 4 members (excludes halogenated alkanes) is 46. The van der Waals surface area contributed by atoms with Crippen molar-refractivity contribution in [2.75, 3.05) is 13.2 Å². The van der Waals surface area contributed by atoms with Crippen LogP contribution >= 0.6 is 0 Å². The molecule has 0 amide bonds. The van der Waals surface area contributed by atoms with Gasteiger partial charge in [0.1, 0.15) is 13.2 Å². The molecule has 0 radical (unpaired) electrons. The first-order valence-electron chi connectivity index (χ1n) is 36.3. The van der Waals surface area contributed by atoms with Gasteiger partial charge in [-0.1, -0.05) is 338 Å². The summed E-state index contributed by atoms with van der Waals surface area (Å²) in [4.78, 5) is 38.5. The van der Waals surface area contributed by atoms with E-state index in [9.17, 15) is 14.4 Å². The van der Waals surface area contributed by atoms with E-state index < -0.39 is 6.10 Å². The van der Waals surface area contributed by atoms with Gasteiger partial charge in [0.25, 0.3) is 0 Å². The summed E-state index contributed by atoms with van der Waals surface area (Å²) < 4.78 is 17.0. The zero-order chi connectivity index (χ0) is 59.2.